The van der Waals surface area contributed by atoms with E-state index in [1.165, 1.54) is 11.8 Å². The summed E-state index contributed by atoms with van der Waals surface area (Å²) in [6.07, 6.45) is 0. The summed E-state index contributed by atoms with van der Waals surface area (Å²) in [5.74, 6) is 1.78. The number of thioether (sulfide) groups is 1. The zero-order valence-electron chi connectivity index (χ0n) is 16.1. The van der Waals surface area contributed by atoms with Crippen molar-refractivity contribution in [2.75, 3.05) is 11.1 Å². The van der Waals surface area contributed by atoms with Gasteiger partial charge in [0.2, 0.25) is 11.1 Å². The largest absolute Gasteiger partial charge is 0.455 e. The highest BCUT2D eigenvalue weighted by Gasteiger charge is 2.13. The molecule has 0 unspecified atom stereocenters. The molecule has 28 heavy (non-hydrogen) atoms. The van der Waals surface area contributed by atoms with Crippen molar-refractivity contribution in [3.8, 4) is 11.5 Å². The summed E-state index contributed by atoms with van der Waals surface area (Å²) >= 11 is 1.31. The van der Waals surface area contributed by atoms with Gasteiger partial charge in [0.05, 0.1) is 11.4 Å². The number of anilines is 1. The fraction of sp³-hybridized carbons (Fsp3) is 0.300. The molecule has 0 aliphatic carbocycles. The van der Waals surface area contributed by atoms with Crippen molar-refractivity contribution in [3.63, 3.8) is 0 Å². The molecule has 8 heteroatoms. The van der Waals surface area contributed by atoms with E-state index in [0.29, 0.717) is 29.1 Å². The number of aryl methyl sites for hydroxylation is 1. The molecular weight excluding hydrogens is 374 g/mol. The lowest BCUT2D eigenvalue weighted by Gasteiger charge is -2.12. The van der Waals surface area contributed by atoms with Gasteiger partial charge >= 0.3 is 0 Å². The van der Waals surface area contributed by atoms with Gasteiger partial charge < -0.3 is 10.1 Å². The Balaban J connectivity index is 1.61. The summed E-state index contributed by atoms with van der Waals surface area (Å²) in [5.41, 5.74) is 1.78. The molecule has 0 spiro atoms. The van der Waals surface area contributed by atoms with E-state index >= 15 is 0 Å². The molecule has 0 saturated heterocycles. The molecule has 3 rings (SSSR count). The Kier molecular flexibility index (Phi) is 6.65. The van der Waals surface area contributed by atoms with Crippen LogP contribution in [0.1, 0.15) is 19.4 Å². The second-order valence-corrected chi connectivity index (χ2v) is 7.73. The molecule has 0 bridgehead atoms. The van der Waals surface area contributed by atoms with Crippen LogP contribution in [0, 0.1) is 12.8 Å². The Labute approximate surface area is 168 Å². The molecule has 0 atom stereocenters. The van der Waals surface area contributed by atoms with Gasteiger partial charge in [-0.25, -0.2) is 4.68 Å². The Morgan fingerprint density at radius 2 is 1.93 bits per heavy atom. The average Bonchev–Trinajstić information content (AvgIpc) is 3.10. The number of rotatable bonds is 8. The number of carbonyl (C=O) groups is 1. The monoisotopic (exact) mass is 397 g/mol. The van der Waals surface area contributed by atoms with Crippen molar-refractivity contribution in [2.45, 2.75) is 32.5 Å². The lowest BCUT2D eigenvalue weighted by molar-refractivity contribution is -0.113. The number of benzene rings is 2. The number of hydrogen-bond donors (Lipinski definition) is 1. The van der Waals surface area contributed by atoms with Crippen LogP contribution >= 0.6 is 11.8 Å². The molecule has 0 saturated carbocycles. The van der Waals surface area contributed by atoms with Gasteiger partial charge in [-0.15, -0.1) is 5.10 Å². The molecule has 146 valence electrons. The van der Waals surface area contributed by atoms with Gasteiger partial charge in [-0.1, -0.05) is 55.4 Å². The van der Waals surface area contributed by atoms with Crippen molar-refractivity contribution in [1.29, 1.82) is 0 Å². The summed E-state index contributed by atoms with van der Waals surface area (Å²) in [5, 5.41) is 15.2. The molecular formula is C20H23N5O2S. The van der Waals surface area contributed by atoms with Crippen LogP contribution in [-0.4, -0.2) is 31.9 Å². The van der Waals surface area contributed by atoms with Crippen LogP contribution in [0.5, 0.6) is 11.5 Å². The predicted molar refractivity (Wildman–Crippen MR) is 110 cm³/mol. The maximum absolute atomic E-state index is 12.4. The smallest absolute Gasteiger partial charge is 0.234 e. The number of tetrazole rings is 1. The quantitative estimate of drug-likeness (QED) is 0.575. The molecule has 1 amide bonds. The third kappa shape index (κ3) is 5.56. The van der Waals surface area contributed by atoms with Crippen LogP contribution in [0.3, 0.4) is 0 Å². The third-order valence-electron chi connectivity index (χ3n) is 3.78. The van der Waals surface area contributed by atoms with E-state index in [1.54, 1.807) is 4.68 Å². The van der Waals surface area contributed by atoms with Crippen LogP contribution in [0.15, 0.2) is 53.7 Å². The van der Waals surface area contributed by atoms with Crippen molar-refractivity contribution in [1.82, 2.24) is 20.2 Å². The summed E-state index contributed by atoms with van der Waals surface area (Å²) in [7, 11) is 0. The van der Waals surface area contributed by atoms with Gasteiger partial charge in [0.25, 0.3) is 0 Å². The maximum Gasteiger partial charge on any atom is 0.234 e. The van der Waals surface area contributed by atoms with Crippen LogP contribution in [0.4, 0.5) is 5.69 Å². The Bertz CT molecular complexity index is 924. The fourth-order valence-corrected chi connectivity index (χ4v) is 3.16. The molecule has 1 heterocycles. The Hall–Kier alpha value is -2.87. The van der Waals surface area contributed by atoms with E-state index in [0.717, 1.165) is 11.3 Å². The molecule has 1 aromatic heterocycles. The topological polar surface area (TPSA) is 81.9 Å². The molecule has 7 nitrogen and oxygen atoms in total. The van der Waals surface area contributed by atoms with Crippen LogP contribution in [0.2, 0.25) is 0 Å². The Morgan fingerprint density at radius 1 is 1.18 bits per heavy atom. The minimum Gasteiger partial charge on any atom is -0.455 e. The van der Waals surface area contributed by atoms with Gasteiger partial charge in [-0.3, -0.25) is 4.79 Å². The van der Waals surface area contributed by atoms with Gasteiger partial charge in [0, 0.05) is 6.54 Å². The van der Waals surface area contributed by atoms with Gasteiger partial charge in [-0.05, 0) is 47.5 Å². The second-order valence-electron chi connectivity index (χ2n) is 6.79. The highest BCUT2D eigenvalue weighted by molar-refractivity contribution is 7.99. The van der Waals surface area contributed by atoms with E-state index in [-0.39, 0.29) is 11.7 Å². The number of nitrogens with zero attached hydrogens (tertiary/aromatic N) is 4. The Morgan fingerprint density at radius 3 is 2.68 bits per heavy atom. The molecule has 3 aromatic rings. The van der Waals surface area contributed by atoms with Crippen molar-refractivity contribution in [2.24, 2.45) is 5.92 Å². The first-order chi connectivity index (χ1) is 13.5. The third-order valence-corrected chi connectivity index (χ3v) is 4.74. The summed E-state index contributed by atoms with van der Waals surface area (Å²) < 4.78 is 7.64. The van der Waals surface area contributed by atoms with Crippen molar-refractivity contribution < 1.29 is 9.53 Å². The van der Waals surface area contributed by atoms with Crippen molar-refractivity contribution >= 4 is 23.4 Å². The summed E-state index contributed by atoms with van der Waals surface area (Å²) in [6.45, 7) is 6.92. The van der Waals surface area contributed by atoms with Crippen LogP contribution in [-0.2, 0) is 11.3 Å². The predicted octanol–water partition coefficient (Wildman–Crippen LogP) is 4.16. The normalized spacial score (nSPS) is 10.9. The minimum atomic E-state index is -0.149. The first-order valence-electron chi connectivity index (χ1n) is 9.03. The van der Waals surface area contributed by atoms with Crippen LogP contribution in [0.25, 0.3) is 0 Å². The SMILES string of the molecule is Cc1ccc(Oc2ccccc2NC(=O)CSc2nnnn2CC(C)C)cc1. The summed E-state index contributed by atoms with van der Waals surface area (Å²) in [4.78, 5) is 12.4. The van der Waals surface area contributed by atoms with E-state index in [4.69, 9.17) is 4.74 Å². The number of aromatic nitrogens is 4. The fourth-order valence-electron chi connectivity index (χ4n) is 2.47. The number of ether oxygens (including phenoxy) is 1. The highest BCUT2D eigenvalue weighted by atomic mass is 32.2. The zero-order valence-corrected chi connectivity index (χ0v) is 16.9. The molecule has 0 aliphatic rings. The van der Waals surface area contributed by atoms with Gasteiger partial charge in [-0.2, -0.15) is 0 Å². The number of hydrogen-bond acceptors (Lipinski definition) is 6. The van der Waals surface area contributed by atoms with E-state index in [2.05, 4.69) is 34.7 Å². The maximum atomic E-state index is 12.4. The molecule has 2 aromatic carbocycles. The molecule has 0 fully saturated rings. The molecule has 0 aliphatic heterocycles. The van der Waals surface area contributed by atoms with Crippen molar-refractivity contribution in [3.05, 3.63) is 54.1 Å². The number of carbonyl (C=O) groups excluding carboxylic acids is 1. The average molecular weight is 398 g/mol. The number of nitrogens with one attached hydrogen (secondary N) is 1. The zero-order chi connectivity index (χ0) is 19.9. The highest BCUT2D eigenvalue weighted by Crippen LogP contribution is 2.29. The van der Waals surface area contributed by atoms with Crippen LogP contribution < -0.4 is 10.1 Å². The lowest BCUT2D eigenvalue weighted by Crippen LogP contribution is -2.15. The van der Waals surface area contributed by atoms with E-state index in [1.807, 2.05) is 55.5 Å². The first kappa shape index (κ1) is 19.9. The van der Waals surface area contributed by atoms with Gasteiger partial charge in [0.1, 0.15) is 5.75 Å². The van der Waals surface area contributed by atoms with E-state index < -0.39 is 0 Å². The standard InChI is InChI=1S/C20H23N5O2S/c1-14(2)12-25-20(22-23-24-25)28-13-19(26)21-17-6-4-5-7-18(17)27-16-10-8-15(3)9-11-16/h4-11,14H,12-13H2,1-3H3,(H,21,26). The lowest BCUT2D eigenvalue weighted by atomic mass is 10.2. The number of amides is 1. The second kappa shape index (κ2) is 9.36. The first-order valence-corrected chi connectivity index (χ1v) is 10.0. The molecule has 0 radical (unpaired) electrons. The molecule has 1 N–H and O–H groups in total. The minimum absolute atomic E-state index is 0.149. The van der Waals surface area contributed by atoms with Gasteiger partial charge in [0.15, 0.2) is 5.75 Å². The summed E-state index contributed by atoms with van der Waals surface area (Å²) in [6, 6.07) is 15.1. The number of para-hydroxylation sites is 2. The van der Waals surface area contributed by atoms with E-state index in [9.17, 15) is 4.79 Å².